The molecule has 408 valence electrons. The minimum absolute atomic E-state index is 0.0821. The monoisotopic (exact) mass is 1140 g/mol. The number of rotatable bonds is 28. The molecule has 0 aliphatic carbocycles. The molecular formula is C40H44N12O20S4. The van der Waals surface area contributed by atoms with Gasteiger partial charge in [-0.05, 0) is 83.9 Å². The number of aromatic nitrogens is 6. The molecule has 76 heavy (non-hydrogen) atoms. The van der Waals surface area contributed by atoms with E-state index in [2.05, 4.69) is 40.8 Å². The van der Waals surface area contributed by atoms with Gasteiger partial charge in [0, 0.05) is 0 Å². The van der Waals surface area contributed by atoms with Gasteiger partial charge < -0.3 is 20.4 Å². The van der Waals surface area contributed by atoms with Gasteiger partial charge in [0.25, 0.3) is 64.3 Å². The maximum atomic E-state index is 13.1. The summed E-state index contributed by atoms with van der Waals surface area (Å²) in [7, 11) is -19.7. The van der Waals surface area contributed by atoms with Crippen molar-refractivity contribution in [2.75, 3.05) is 84.2 Å². The van der Waals surface area contributed by atoms with Crippen LogP contribution in [0.5, 0.6) is 0 Å². The smallest absolute Gasteiger partial charge is 0.295 e. The first kappa shape index (κ1) is 58.0. The first-order chi connectivity index (χ1) is 36.0. The molecule has 0 bridgehead atoms. The van der Waals surface area contributed by atoms with E-state index in [0.717, 1.165) is 83.4 Å². The summed E-state index contributed by atoms with van der Waals surface area (Å²) in [5.41, 5.74) is 4.97. The molecule has 0 saturated heterocycles. The van der Waals surface area contributed by atoms with Gasteiger partial charge in [-0.1, -0.05) is 34.7 Å². The summed E-state index contributed by atoms with van der Waals surface area (Å²) in [5.74, 6) is -1.46. The lowest BCUT2D eigenvalue weighted by Gasteiger charge is -2.26. The molecular weight excluding hydrogens is 1100 g/mol. The Morgan fingerprint density at radius 3 is 1.04 bits per heavy atom. The van der Waals surface area contributed by atoms with E-state index in [9.17, 15) is 72.3 Å². The van der Waals surface area contributed by atoms with Crippen LogP contribution in [0.3, 0.4) is 0 Å². The number of aliphatic hydroxyl groups excluding tert-OH is 4. The summed E-state index contributed by atoms with van der Waals surface area (Å²) in [4.78, 5) is 43.4. The van der Waals surface area contributed by atoms with Crippen molar-refractivity contribution >= 4 is 99.2 Å². The number of anilines is 8. The van der Waals surface area contributed by atoms with Crippen molar-refractivity contribution in [2.24, 2.45) is 0 Å². The van der Waals surface area contributed by atoms with Crippen LogP contribution in [0.1, 0.15) is 11.1 Å². The van der Waals surface area contributed by atoms with Crippen LogP contribution in [0.2, 0.25) is 0 Å². The van der Waals surface area contributed by atoms with E-state index in [4.69, 9.17) is 19.4 Å². The van der Waals surface area contributed by atoms with Crippen molar-refractivity contribution in [3.05, 3.63) is 109 Å². The van der Waals surface area contributed by atoms with E-state index in [1.807, 2.05) is 0 Å². The number of hydrazine groups is 2. The van der Waals surface area contributed by atoms with Crippen LogP contribution >= 0.6 is 0 Å². The van der Waals surface area contributed by atoms with Gasteiger partial charge in [-0.2, -0.15) is 63.6 Å². The summed E-state index contributed by atoms with van der Waals surface area (Å²) < 4.78 is 140. The van der Waals surface area contributed by atoms with Gasteiger partial charge in [-0.15, -0.1) is 0 Å². The molecule has 32 nitrogen and oxygen atoms in total. The number of nitrogens with one attached hydrogen (secondary N) is 2. The van der Waals surface area contributed by atoms with Gasteiger partial charge in [0.15, 0.2) is 0 Å². The summed E-state index contributed by atoms with van der Waals surface area (Å²) in [5, 5.41) is 40.7. The van der Waals surface area contributed by atoms with Crippen LogP contribution in [0.25, 0.3) is 12.2 Å². The Bertz CT molecular complexity index is 3200. The Labute approximate surface area is 431 Å². The van der Waals surface area contributed by atoms with E-state index in [1.54, 1.807) is 0 Å². The molecule has 0 fully saturated rings. The summed E-state index contributed by atoms with van der Waals surface area (Å²) in [6, 6.07) is 15.6. The Morgan fingerprint density at radius 1 is 0.434 bits per heavy atom. The van der Waals surface area contributed by atoms with E-state index >= 15 is 0 Å². The van der Waals surface area contributed by atoms with E-state index < -0.39 is 86.5 Å². The van der Waals surface area contributed by atoms with Crippen LogP contribution in [-0.4, -0.2) is 155 Å². The predicted molar refractivity (Wildman–Crippen MR) is 262 cm³/mol. The molecule has 2 aromatic heterocycles. The van der Waals surface area contributed by atoms with Crippen molar-refractivity contribution in [3.63, 3.8) is 0 Å². The molecule has 0 spiro atoms. The summed E-state index contributed by atoms with van der Waals surface area (Å²) >= 11 is 0. The third kappa shape index (κ3) is 15.7. The first-order valence-corrected chi connectivity index (χ1v) is 26.9. The third-order valence-corrected chi connectivity index (χ3v) is 12.9. The van der Waals surface area contributed by atoms with E-state index in [-0.39, 0.29) is 84.1 Å². The summed E-state index contributed by atoms with van der Waals surface area (Å²) in [6.45, 7) is -3.29. The van der Waals surface area contributed by atoms with Crippen LogP contribution in [0, 0.1) is 0 Å². The standard InChI is InChI=1S/C40H44N12O20S4/c53-15-19-69-51(70-20-16-54)39-43-25-41-37(45-39)49(47-29-5-11-33(12-6-29)73(57,58)59)31-9-3-27(35(23-31)75(63,64)65)1-2-28-4-10-32(24-36(28)76(66,67)68)50(48-30-7-13-34(14-8-30)74(60,61)62)38-42-26-44-40(46-38)52(71-21-17-55)72-22-18-56/h1-14,23-26,47-48,53-56H,15-22H2,(H,57,58,59)(H,60,61,62)(H,63,64,65)(H,66,67,68). The molecule has 0 amide bonds. The van der Waals surface area contributed by atoms with Crippen LogP contribution in [0.15, 0.2) is 117 Å². The van der Waals surface area contributed by atoms with Crippen LogP contribution in [-0.2, 0) is 59.8 Å². The second-order valence-electron chi connectivity index (χ2n) is 14.5. The quantitative estimate of drug-likeness (QED) is 0.0185. The molecule has 6 rings (SSSR count). The first-order valence-electron chi connectivity index (χ1n) is 21.2. The molecule has 0 radical (unpaired) electrons. The lowest BCUT2D eigenvalue weighted by Crippen LogP contribution is -2.31. The number of hydrogen-bond donors (Lipinski definition) is 10. The topological polar surface area (TPSA) is 450 Å². The zero-order valence-corrected chi connectivity index (χ0v) is 41.9. The average Bonchev–Trinajstić information content (AvgIpc) is 3.39. The van der Waals surface area contributed by atoms with Gasteiger partial charge in [-0.25, -0.2) is 29.4 Å². The normalized spacial score (nSPS) is 12.2. The Morgan fingerprint density at radius 2 is 0.750 bits per heavy atom. The highest BCUT2D eigenvalue weighted by molar-refractivity contribution is 7.86. The molecule has 2 heterocycles. The third-order valence-electron chi connectivity index (χ3n) is 9.31. The molecule has 4 aromatic carbocycles. The lowest BCUT2D eigenvalue weighted by atomic mass is 10.1. The van der Waals surface area contributed by atoms with Crippen molar-refractivity contribution in [1.82, 2.24) is 29.9 Å². The van der Waals surface area contributed by atoms with Crippen molar-refractivity contribution < 1.29 is 91.7 Å². The fourth-order valence-electron chi connectivity index (χ4n) is 6.10. The van der Waals surface area contributed by atoms with Crippen LogP contribution < -0.4 is 31.3 Å². The average molecular weight is 1140 g/mol. The molecule has 0 unspecified atom stereocenters. The number of aliphatic hydroxyl groups is 4. The molecule has 0 saturated carbocycles. The lowest BCUT2D eigenvalue weighted by molar-refractivity contribution is -0.106. The number of hydrogen-bond acceptors (Lipinski definition) is 28. The van der Waals surface area contributed by atoms with Crippen LogP contribution in [0.4, 0.5) is 46.5 Å². The van der Waals surface area contributed by atoms with E-state index in [1.165, 1.54) is 36.4 Å². The zero-order chi connectivity index (χ0) is 55.3. The highest BCUT2D eigenvalue weighted by atomic mass is 32.2. The maximum absolute atomic E-state index is 13.1. The number of nitrogens with zero attached hydrogens (tertiary/aromatic N) is 10. The zero-order valence-electron chi connectivity index (χ0n) is 38.6. The Balaban J connectivity index is 1.44. The molecule has 0 aliphatic rings. The fraction of sp³-hybridized carbons (Fsp3) is 0.200. The molecule has 10 N–H and O–H groups in total. The predicted octanol–water partition coefficient (Wildman–Crippen LogP) is 0.853. The van der Waals surface area contributed by atoms with Crippen molar-refractivity contribution in [1.29, 1.82) is 0 Å². The maximum Gasteiger partial charge on any atom is 0.295 e. The molecule has 0 aliphatic heterocycles. The fourth-order valence-corrected chi connectivity index (χ4v) is 8.46. The Kier molecular flexibility index (Phi) is 19.5. The largest absolute Gasteiger partial charge is 0.394 e. The van der Waals surface area contributed by atoms with Gasteiger partial charge in [0.1, 0.15) is 48.9 Å². The minimum atomic E-state index is -5.21. The molecule has 0 atom stereocenters. The highest BCUT2D eigenvalue weighted by Crippen LogP contribution is 2.33. The minimum Gasteiger partial charge on any atom is -0.394 e. The van der Waals surface area contributed by atoms with Crippen molar-refractivity contribution in [3.8, 4) is 0 Å². The second kappa shape index (κ2) is 25.5. The molecule has 6 aromatic rings. The van der Waals surface area contributed by atoms with Gasteiger partial charge in [0.05, 0.1) is 59.0 Å². The van der Waals surface area contributed by atoms with E-state index in [0.29, 0.717) is 10.5 Å². The van der Waals surface area contributed by atoms with Gasteiger partial charge in [-0.3, -0.25) is 29.1 Å². The molecule has 36 heteroatoms. The van der Waals surface area contributed by atoms with Gasteiger partial charge in [0.2, 0.25) is 0 Å². The second-order valence-corrected chi connectivity index (χ2v) is 20.2. The number of benzene rings is 4. The summed E-state index contributed by atoms with van der Waals surface area (Å²) in [6.07, 6.45) is 4.06. The SMILES string of the molecule is O=S(=O)(O)c1ccc(NN(c2ccc(C=Cc3ccc(N(Nc4ccc(S(=O)(=O)O)cc4)c4ncnc(N(OCCO)OCCO)n4)cc3S(=O)(=O)O)c(S(=O)(=O)O)c2)c2ncnc(N(OCCO)OCCO)n2)cc1. The van der Waals surface area contributed by atoms with Crippen molar-refractivity contribution in [2.45, 2.75) is 19.6 Å². The van der Waals surface area contributed by atoms with Gasteiger partial charge >= 0.3 is 0 Å². The Hall–Kier alpha value is -7.24. The highest BCUT2D eigenvalue weighted by Gasteiger charge is 2.25.